The van der Waals surface area contributed by atoms with Crippen molar-refractivity contribution in [3.63, 3.8) is 0 Å². The highest BCUT2D eigenvalue weighted by atomic mass is 16.6. The van der Waals surface area contributed by atoms with Crippen LogP contribution in [0.2, 0.25) is 0 Å². The Labute approximate surface area is 113 Å². The first kappa shape index (κ1) is 12.5. The fourth-order valence-electron chi connectivity index (χ4n) is 2.39. The van der Waals surface area contributed by atoms with Crippen LogP contribution in [0.4, 0.5) is 0 Å². The third kappa shape index (κ3) is 2.34. The summed E-state index contributed by atoms with van der Waals surface area (Å²) in [6, 6.07) is 11.5. The van der Waals surface area contributed by atoms with E-state index >= 15 is 0 Å². The largest absolute Gasteiger partial charge is 0.508 e. The Morgan fingerprint density at radius 2 is 1.74 bits per heavy atom. The first-order chi connectivity index (χ1) is 9.07. The van der Waals surface area contributed by atoms with Crippen LogP contribution in [0.1, 0.15) is 13.8 Å². The highest BCUT2D eigenvalue weighted by Gasteiger charge is 2.35. The highest BCUT2D eigenvalue weighted by Crippen LogP contribution is 2.25. The van der Waals surface area contributed by atoms with Crippen molar-refractivity contribution in [2.45, 2.75) is 13.8 Å². The van der Waals surface area contributed by atoms with Gasteiger partial charge in [-0.1, -0.05) is 44.2 Å². The standard InChI is InChI=1S/C15H17BO3/c1-15(2)9-18-16(19-10-15)14-12-6-4-3-5-11(12)7-8-13(14)17/h3-8,17H,9-10H2,1-2H3. The van der Waals surface area contributed by atoms with E-state index in [0.717, 1.165) is 16.2 Å². The molecule has 1 heterocycles. The van der Waals surface area contributed by atoms with E-state index < -0.39 is 7.12 Å². The van der Waals surface area contributed by atoms with Crippen molar-refractivity contribution in [3.8, 4) is 5.75 Å². The molecule has 3 nitrogen and oxygen atoms in total. The minimum Gasteiger partial charge on any atom is -0.508 e. The van der Waals surface area contributed by atoms with E-state index in [1.54, 1.807) is 6.07 Å². The molecule has 0 radical (unpaired) electrons. The van der Waals surface area contributed by atoms with Gasteiger partial charge in [0.25, 0.3) is 0 Å². The molecule has 1 aliphatic rings. The summed E-state index contributed by atoms with van der Waals surface area (Å²) in [5, 5.41) is 12.2. The van der Waals surface area contributed by atoms with Gasteiger partial charge in [0, 0.05) is 24.1 Å². The Kier molecular flexibility index (Phi) is 2.99. The molecular formula is C15H17BO3. The smallest absolute Gasteiger partial charge is 0.498 e. The Hall–Kier alpha value is -1.52. The van der Waals surface area contributed by atoms with E-state index in [2.05, 4.69) is 13.8 Å². The summed E-state index contributed by atoms with van der Waals surface area (Å²) >= 11 is 0. The molecule has 1 fully saturated rings. The van der Waals surface area contributed by atoms with E-state index in [9.17, 15) is 5.11 Å². The van der Waals surface area contributed by atoms with Crippen LogP contribution in [0.15, 0.2) is 36.4 Å². The monoisotopic (exact) mass is 256 g/mol. The molecule has 98 valence electrons. The van der Waals surface area contributed by atoms with E-state index in [0.29, 0.717) is 13.2 Å². The van der Waals surface area contributed by atoms with Gasteiger partial charge in [0.15, 0.2) is 0 Å². The van der Waals surface area contributed by atoms with Crippen LogP contribution < -0.4 is 5.46 Å². The van der Waals surface area contributed by atoms with Crippen LogP contribution in [-0.4, -0.2) is 25.4 Å². The minimum atomic E-state index is -0.487. The number of fused-ring (bicyclic) bond motifs is 1. The summed E-state index contributed by atoms with van der Waals surface area (Å²) in [5.74, 6) is 0.225. The molecule has 1 N–H and O–H groups in total. The molecular weight excluding hydrogens is 239 g/mol. The van der Waals surface area contributed by atoms with Crippen LogP contribution in [-0.2, 0) is 9.31 Å². The number of phenols is 1. The molecule has 0 atom stereocenters. The molecule has 2 aromatic carbocycles. The summed E-state index contributed by atoms with van der Waals surface area (Å²) in [6.07, 6.45) is 0. The second-order valence-corrected chi connectivity index (χ2v) is 5.84. The lowest BCUT2D eigenvalue weighted by molar-refractivity contribution is 0.0342. The molecule has 3 rings (SSSR count). The van der Waals surface area contributed by atoms with Gasteiger partial charge < -0.3 is 14.4 Å². The van der Waals surface area contributed by atoms with Crippen molar-refractivity contribution in [2.24, 2.45) is 5.41 Å². The molecule has 19 heavy (non-hydrogen) atoms. The lowest BCUT2D eigenvalue weighted by atomic mass is 9.73. The van der Waals surface area contributed by atoms with Crippen molar-refractivity contribution >= 4 is 23.4 Å². The van der Waals surface area contributed by atoms with E-state index in [-0.39, 0.29) is 11.2 Å². The van der Waals surface area contributed by atoms with Gasteiger partial charge in [-0.2, -0.15) is 0 Å². The fraction of sp³-hybridized carbons (Fsp3) is 0.333. The molecule has 0 aromatic heterocycles. The molecule has 0 saturated carbocycles. The second kappa shape index (κ2) is 4.55. The van der Waals surface area contributed by atoms with E-state index in [1.165, 1.54) is 0 Å². The van der Waals surface area contributed by atoms with Crippen molar-refractivity contribution in [1.82, 2.24) is 0 Å². The predicted molar refractivity (Wildman–Crippen MR) is 76.7 cm³/mol. The van der Waals surface area contributed by atoms with Crippen molar-refractivity contribution in [1.29, 1.82) is 0 Å². The van der Waals surface area contributed by atoms with Crippen molar-refractivity contribution < 1.29 is 14.4 Å². The molecule has 0 aliphatic carbocycles. The molecule has 1 saturated heterocycles. The van der Waals surface area contributed by atoms with Gasteiger partial charge in [0.05, 0.1) is 0 Å². The third-order valence-electron chi connectivity index (χ3n) is 3.43. The Morgan fingerprint density at radius 3 is 2.47 bits per heavy atom. The summed E-state index contributed by atoms with van der Waals surface area (Å²) < 4.78 is 11.6. The summed E-state index contributed by atoms with van der Waals surface area (Å²) in [7, 11) is -0.487. The average Bonchev–Trinajstić information content (AvgIpc) is 2.40. The van der Waals surface area contributed by atoms with E-state index in [1.807, 2.05) is 30.3 Å². The summed E-state index contributed by atoms with van der Waals surface area (Å²) in [6.45, 7) is 5.46. The van der Waals surface area contributed by atoms with Crippen LogP contribution >= 0.6 is 0 Å². The van der Waals surface area contributed by atoms with Gasteiger partial charge in [-0.25, -0.2) is 0 Å². The first-order valence-electron chi connectivity index (χ1n) is 6.51. The van der Waals surface area contributed by atoms with Crippen LogP contribution in [0.3, 0.4) is 0 Å². The maximum atomic E-state index is 10.1. The maximum Gasteiger partial charge on any atom is 0.498 e. The highest BCUT2D eigenvalue weighted by molar-refractivity contribution is 6.65. The lowest BCUT2D eigenvalue weighted by Crippen LogP contribution is -2.47. The van der Waals surface area contributed by atoms with Gasteiger partial charge in [-0.15, -0.1) is 0 Å². The Balaban J connectivity index is 2.03. The molecule has 1 aliphatic heterocycles. The first-order valence-corrected chi connectivity index (χ1v) is 6.51. The Morgan fingerprint density at radius 1 is 1.05 bits per heavy atom. The van der Waals surface area contributed by atoms with Crippen molar-refractivity contribution in [2.75, 3.05) is 13.2 Å². The van der Waals surface area contributed by atoms with Gasteiger partial charge in [0.2, 0.25) is 0 Å². The molecule has 2 aromatic rings. The Bertz CT molecular complexity index is 599. The van der Waals surface area contributed by atoms with Gasteiger partial charge in [-0.05, 0) is 16.8 Å². The number of hydrogen-bond donors (Lipinski definition) is 1. The molecule has 4 heteroatoms. The lowest BCUT2D eigenvalue weighted by Gasteiger charge is -2.33. The zero-order chi connectivity index (χ0) is 13.5. The van der Waals surface area contributed by atoms with Gasteiger partial charge in [-0.3, -0.25) is 0 Å². The molecule has 0 spiro atoms. The predicted octanol–water partition coefficient (Wildman–Crippen LogP) is 2.31. The quantitative estimate of drug-likeness (QED) is 0.796. The number of benzene rings is 2. The number of hydrogen-bond acceptors (Lipinski definition) is 3. The summed E-state index contributed by atoms with van der Waals surface area (Å²) in [5.41, 5.74) is 0.755. The van der Waals surface area contributed by atoms with Crippen LogP contribution in [0.5, 0.6) is 5.75 Å². The van der Waals surface area contributed by atoms with E-state index in [4.69, 9.17) is 9.31 Å². The topological polar surface area (TPSA) is 38.7 Å². The van der Waals surface area contributed by atoms with Crippen molar-refractivity contribution in [3.05, 3.63) is 36.4 Å². The maximum absolute atomic E-state index is 10.1. The summed E-state index contributed by atoms with van der Waals surface area (Å²) in [4.78, 5) is 0. The number of rotatable bonds is 1. The zero-order valence-corrected chi connectivity index (χ0v) is 11.2. The number of phenolic OH excluding ortho intramolecular Hbond substituents is 1. The third-order valence-corrected chi connectivity index (χ3v) is 3.43. The fourth-order valence-corrected chi connectivity index (χ4v) is 2.39. The minimum absolute atomic E-state index is 0.0245. The molecule has 0 bridgehead atoms. The van der Waals surface area contributed by atoms with Gasteiger partial charge in [0.1, 0.15) is 5.75 Å². The normalized spacial score (nSPS) is 18.7. The number of aromatic hydroxyl groups is 1. The zero-order valence-electron chi connectivity index (χ0n) is 11.2. The SMILES string of the molecule is CC1(C)COB(c2c(O)ccc3ccccc23)OC1. The second-order valence-electron chi connectivity index (χ2n) is 5.84. The average molecular weight is 256 g/mol. The van der Waals surface area contributed by atoms with Gasteiger partial charge >= 0.3 is 7.12 Å². The van der Waals surface area contributed by atoms with Crippen LogP contribution in [0, 0.1) is 5.41 Å². The molecule has 0 amide bonds. The molecule has 0 unspecified atom stereocenters. The van der Waals surface area contributed by atoms with Crippen LogP contribution in [0.25, 0.3) is 10.8 Å².